The minimum atomic E-state index is -0.444. The van der Waals surface area contributed by atoms with E-state index in [-0.39, 0.29) is 48.9 Å². The zero-order valence-electron chi connectivity index (χ0n) is 17.1. The Kier molecular flexibility index (Phi) is 6.91. The minimum Gasteiger partial charge on any atom is -0.497 e. The van der Waals surface area contributed by atoms with Gasteiger partial charge in [-0.3, -0.25) is 19.2 Å². The fraction of sp³-hybridized carbons (Fsp3) is 0.524. The van der Waals surface area contributed by atoms with Gasteiger partial charge in [0.05, 0.1) is 13.0 Å². The molecular weight excluding hydrogens is 388 g/mol. The van der Waals surface area contributed by atoms with Crippen LogP contribution in [0.4, 0.5) is 5.69 Å². The van der Waals surface area contributed by atoms with E-state index < -0.39 is 5.92 Å². The number of likely N-dealkylation sites (tertiary alicyclic amines) is 1. The molecule has 0 spiro atoms. The second-order valence-corrected chi connectivity index (χ2v) is 7.70. The Balaban J connectivity index is 1.42. The van der Waals surface area contributed by atoms with Gasteiger partial charge in [0, 0.05) is 50.6 Å². The Bertz CT molecular complexity index is 802. The molecule has 30 heavy (non-hydrogen) atoms. The fourth-order valence-corrected chi connectivity index (χ4v) is 3.90. The number of nitrogens with zero attached hydrogens (tertiary/aromatic N) is 2. The number of nitrogens with two attached hydrogens (primary N) is 1. The Morgan fingerprint density at radius 1 is 1.13 bits per heavy atom. The molecule has 0 saturated carbocycles. The predicted molar refractivity (Wildman–Crippen MR) is 110 cm³/mol. The summed E-state index contributed by atoms with van der Waals surface area (Å²) in [5.41, 5.74) is 6.04. The molecular formula is C21H28N4O5. The van der Waals surface area contributed by atoms with Crippen molar-refractivity contribution in [2.24, 2.45) is 17.6 Å². The molecule has 0 unspecified atom stereocenters. The lowest BCUT2D eigenvalue weighted by atomic mass is 9.96. The molecule has 9 heteroatoms. The highest BCUT2D eigenvalue weighted by molar-refractivity contribution is 6.00. The number of nitrogens with one attached hydrogen (secondary N) is 1. The molecule has 2 heterocycles. The van der Waals surface area contributed by atoms with E-state index in [1.165, 1.54) is 0 Å². The number of piperidine rings is 1. The van der Waals surface area contributed by atoms with Crippen LogP contribution in [0.25, 0.3) is 0 Å². The van der Waals surface area contributed by atoms with E-state index in [1.54, 1.807) is 41.2 Å². The summed E-state index contributed by atoms with van der Waals surface area (Å²) in [7, 11) is 1.57. The highest BCUT2D eigenvalue weighted by Crippen LogP contribution is 2.27. The van der Waals surface area contributed by atoms with Gasteiger partial charge in [0.25, 0.3) is 0 Å². The third-order valence-electron chi connectivity index (χ3n) is 5.77. The molecule has 3 rings (SSSR count). The number of rotatable bonds is 7. The lowest BCUT2D eigenvalue weighted by Crippen LogP contribution is -2.43. The van der Waals surface area contributed by atoms with Crippen LogP contribution in [0.2, 0.25) is 0 Å². The average molecular weight is 416 g/mol. The average Bonchev–Trinajstić information content (AvgIpc) is 3.15. The van der Waals surface area contributed by atoms with Crippen LogP contribution >= 0.6 is 0 Å². The van der Waals surface area contributed by atoms with Gasteiger partial charge >= 0.3 is 0 Å². The summed E-state index contributed by atoms with van der Waals surface area (Å²) >= 11 is 0. The van der Waals surface area contributed by atoms with E-state index in [0.29, 0.717) is 38.2 Å². The van der Waals surface area contributed by atoms with E-state index in [9.17, 15) is 19.2 Å². The van der Waals surface area contributed by atoms with Crippen LogP contribution in [0, 0.1) is 11.8 Å². The van der Waals surface area contributed by atoms with Gasteiger partial charge in [-0.25, -0.2) is 0 Å². The van der Waals surface area contributed by atoms with Crippen molar-refractivity contribution >= 4 is 29.3 Å². The van der Waals surface area contributed by atoms with Gasteiger partial charge in [0.2, 0.25) is 23.6 Å². The van der Waals surface area contributed by atoms with E-state index in [0.717, 1.165) is 5.69 Å². The Morgan fingerprint density at radius 2 is 1.80 bits per heavy atom. The summed E-state index contributed by atoms with van der Waals surface area (Å²) in [4.78, 5) is 51.6. The molecule has 2 aliphatic heterocycles. The number of amides is 4. The first-order chi connectivity index (χ1) is 14.4. The molecule has 2 aliphatic rings. The van der Waals surface area contributed by atoms with Crippen LogP contribution in [-0.4, -0.2) is 61.8 Å². The molecule has 0 aliphatic carbocycles. The number of carbonyl (C=O) groups excluding carboxylic acids is 4. The first-order valence-electron chi connectivity index (χ1n) is 10.2. The van der Waals surface area contributed by atoms with Crippen LogP contribution in [-0.2, 0) is 19.2 Å². The molecule has 3 N–H and O–H groups in total. The molecule has 0 radical (unpaired) electrons. The number of hydrogen-bond donors (Lipinski definition) is 2. The van der Waals surface area contributed by atoms with Crippen molar-refractivity contribution in [3.05, 3.63) is 24.3 Å². The zero-order chi connectivity index (χ0) is 21.7. The quantitative estimate of drug-likeness (QED) is 0.661. The first kappa shape index (κ1) is 21.6. The number of benzene rings is 1. The molecule has 1 atom stereocenters. The van der Waals surface area contributed by atoms with Gasteiger partial charge < -0.3 is 25.6 Å². The Hall–Kier alpha value is -3.10. The minimum absolute atomic E-state index is 0.0550. The maximum Gasteiger partial charge on any atom is 0.227 e. The summed E-state index contributed by atoms with van der Waals surface area (Å²) in [6.45, 7) is 1.55. The van der Waals surface area contributed by atoms with Crippen molar-refractivity contribution in [3.8, 4) is 5.75 Å². The van der Waals surface area contributed by atoms with Gasteiger partial charge in [-0.2, -0.15) is 0 Å². The van der Waals surface area contributed by atoms with Gasteiger partial charge in [0.1, 0.15) is 5.75 Å². The van der Waals surface area contributed by atoms with E-state index >= 15 is 0 Å². The third kappa shape index (κ3) is 5.08. The molecule has 1 aromatic rings. The molecule has 0 bridgehead atoms. The normalized spacial score (nSPS) is 19.6. The van der Waals surface area contributed by atoms with Crippen LogP contribution in [0.15, 0.2) is 24.3 Å². The van der Waals surface area contributed by atoms with Crippen LogP contribution < -0.4 is 20.7 Å². The monoisotopic (exact) mass is 416 g/mol. The van der Waals surface area contributed by atoms with Gasteiger partial charge in [0.15, 0.2) is 0 Å². The second-order valence-electron chi connectivity index (χ2n) is 7.70. The summed E-state index contributed by atoms with van der Waals surface area (Å²) in [6, 6.07) is 7.12. The summed E-state index contributed by atoms with van der Waals surface area (Å²) < 4.78 is 5.12. The van der Waals surface area contributed by atoms with Crippen LogP contribution in [0.3, 0.4) is 0 Å². The van der Waals surface area contributed by atoms with Gasteiger partial charge in [-0.05, 0) is 37.1 Å². The number of anilines is 1. The summed E-state index contributed by atoms with van der Waals surface area (Å²) in [5.74, 6) is -0.607. The lowest BCUT2D eigenvalue weighted by molar-refractivity contribution is -0.135. The topological polar surface area (TPSA) is 122 Å². The molecule has 162 valence electrons. The van der Waals surface area contributed by atoms with Crippen molar-refractivity contribution in [1.29, 1.82) is 0 Å². The Morgan fingerprint density at radius 3 is 2.40 bits per heavy atom. The number of primary amides is 1. The predicted octanol–water partition coefficient (Wildman–Crippen LogP) is 0.278. The second kappa shape index (κ2) is 9.60. The molecule has 2 fully saturated rings. The van der Waals surface area contributed by atoms with Crippen LogP contribution in [0.5, 0.6) is 5.75 Å². The third-order valence-corrected chi connectivity index (χ3v) is 5.77. The smallest absolute Gasteiger partial charge is 0.227 e. The molecule has 9 nitrogen and oxygen atoms in total. The van der Waals surface area contributed by atoms with E-state index in [2.05, 4.69) is 5.32 Å². The number of hydrogen-bond acceptors (Lipinski definition) is 5. The molecule has 2 saturated heterocycles. The maximum atomic E-state index is 12.5. The summed E-state index contributed by atoms with van der Waals surface area (Å²) in [6.07, 6.45) is 1.50. The van der Waals surface area contributed by atoms with Crippen molar-refractivity contribution < 1.29 is 23.9 Å². The van der Waals surface area contributed by atoms with Gasteiger partial charge in [-0.15, -0.1) is 0 Å². The molecule has 0 aromatic heterocycles. The largest absolute Gasteiger partial charge is 0.497 e. The number of ether oxygens (including phenoxy) is 1. The lowest BCUT2D eigenvalue weighted by Gasteiger charge is -2.30. The van der Waals surface area contributed by atoms with Crippen molar-refractivity contribution in [3.63, 3.8) is 0 Å². The van der Waals surface area contributed by atoms with E-state index in [4.69, 9.17) is 10.5 Å². The number of methoxy groups -OCH3 is 1. The zero-order valence-corrected chi connectivity index (χ0v) is 17.1. The Labute approximate surface area is 175 Å². The maximum absolute atomic E-state index is 12.5. The van der Waals surface area contributed by atoms with Crippen LogP contribution in [0.1, 0.15) is 25.7 Å². The van der Waals surface area contributed by atoms with E-state index in [1.807, 2.05) is 0 Å². The fourth-order valence-electron chi connectivity index (χ4n) is 3.90. The standard InChI is InChI=1S/C21H28N4O5/c1-30-17-4-2-16(3-5-17)25-13-15(12-19(25)27)21(29)23-9-6-18(26)24-10-7-14(8-11-24)20(22)28/h2-5,14-15H,6-13H2,1H3,(H2,22,28)(H,23,29)/t15-/m1/s1. The number of carbonyl (C=O) groups is 4. The summed E-state index contributed by atoms with van der Waals surface area (Å²) in [5, 5.41) is 2.77. The first-order valence-corrected chi connectivity index (χ1v) is 10.2. The SMILES string of the molecule is COc1ccc(N2C[C@H](C(=O)NCCC(=O)N3CCC(C(N)=O)CC3)CC2=O)cc1. The molecule has 1 aromatic carbocycles. The highest BCUT2D eigenvalue weighted by atomic mass is 16.5. The van der Waals surface area contributed by atoms with Crippen molar-refractivity contribution in [1.82, 2.24) is 10.2 Å². The molecule has 4 amide bonds. The van der Waals surface area contributed by atoms with Crippen molar-refractivity contribution in [2.45, 2.75) is 25.7 Å². The van der Waals surface area contributed by atoms with Crippen molar-refractivity contribution in [2.75, 3.05) is 38.2 Å². The van der Waals surface area contributed by atoms with Gasteiger partial charge in [-0.1, -0.05) is 0 Å². The highest BCUT2D eigenvalue weighted by Gasteiger charge is 2.35.